The van der Waals surface area contributed by atoms with Gasteiger partial charge in [-0.1, -0.05) is 24.3 Å². The van der Waals surface area contributed by atoms with E-state index in [0.29, 0.717) is 5.56 Å². The fourth-order valence-electron chi connectivity index (χ4n) is 1.90. The molecule has 0 aliphatic heterocycles. The smallest absolute Gasteiger partial charge is 0.128 e. The highest BCUT2D eigenvalue weighted by Crippen LogP contribution is 2.20. The summed E-state index contributed by atoms with van der Waals surface area (Å²) < 4.78 is 0. The first kappa shape index (κ1) is 12.1. The predicted octanol–water partition coefficient (Wildman–Crippen LogP) is 3.48. The molecule has 2 rings (SSSR count). The van der Waals surface area contributed by atoms with Gasteiger partial charge < -0.3 is 5.32 Å². The van der Waals surface area contributed by atoms with E-state index in [1.165, 1.54) is 0 Å². The van der Waals surface area contributed by atoms with Gasteiger partial charge in [-0.3, -0.25) is 0 Å². The Morgan fingerprint density at radius 3 is 3.00 bits per heavy atom. The van der Waals surface area contributed by atoms with Crippen molar-refractivity contribution in [2.75, 3.05) is 5.32 Å². The molecule has 1 N–H and O–H groups in total. The van der Waals surface area contributed by atoms with E-state index in [1.807, 2.05) is 30.3 Å². The molecule has 3 nitrogen and oxygen atoms in total. The maximum Gasteiger partial charge on any atom is 0.128 e. The summed E-state index contributed by atoms with van der Waals surface area (Å²) in [5.41, 5.74) is 1.48. The number of fused-ring (bicyclic) bond motifs is 1. The molecule has 0 amide bonds. The Bertz CT molecular complexity index is 611. The number of nitriles is 1. The predicted molar refractivity (Wildman–Crippen MR) is 74.4 cm³/mol. The third-order valence-corrected chi connectivity index (χ3v) is 2.75. The van der Waals surface area contributed by atoms with E-state index in [4.69, 9.17) is 0 Å². The molecule has 2 aromatic rings. The van der Waals surface area contributed by atoms with E-state index in [2.05, 4.69) is 29.9 Å². The lowest BCUT2D eigenvalue weighted by molar-refractivity contribution is 0.808. The molecule has 0 fully saturated rings. The zero-order chi connectivity index (χ0) is 13.0. The molecule has 3 heteroatoms. The Balaban J connectivity index is 2.41. The minimum Gasteiger partial charge on any atom is -0.367 e. The third kappa shape index (κ3) is 2.49. The van der Waals surface area contributed by atoms with Gasteiger partial charge >= 0.3 is 0 Å². The van der Waals surface area contributed by atoms with Crippen LogP contribution in [-0.4, -0.2) is 11.0 Å². The molecule has 1 aromatic heterocycles. The summed E-state index contributed by atoms with van der Waals surface area (Å²) in [4.78, 5) is 4.51. The van der Waals surface area contributed by atoms with E-state index >= 15 is 0 Å². The number of hydrogen-bond acceptors (Lipinski definition) is 3. The highest BCUT2D eigenvalue weighted by atomic mass is 15.0. The second-order valence-corrected chi connectivity index (χ2v) is 4.25. The van der Waals surface area contributed by atoms with Gasteiger partial charge in [0.2, 0.25) is 0 Å². The fraction of sp³-hybridized carbons (Fsp3) is 0.200. The minimum atomic E-state index is 0.253. The van der Waals surface area contributed by atoms with Crippen molar-refractivity contribution in [3.63, 3.8) is 0 Å². The minimum absolute atomic E-state index is 0.253. The third-order valence-electron chi connectivity index (χ3n) is 2.75. The summed E-state index contributed by atoms with van der Waals surface area (Å²) in [5.74, 6) is 0.736. The van der Waals surface area contributed by atoms with Crippen molar-refractivity contribution in [2.24, 2.45) is 0 Å². The number of pyridine rings is 1. The van der Waals surface area contributed by atoms with Gasteiger partial charge in [0.05, 0.1) is 17.1 Å². The Morgan fingerprint density at radius 2 is 2.28 bits per heavy atom. The van der Waals surface area contributed by atoms with Gasteiger partial charge in [-0.25, -0.2) is 4.98 Å². The summed E-state index contributed by atoms with van der Waals surface area (Å²) in [6, 6.07) is 11.9. The van der Waals surface area contributed by atoms with Crippen molar-refractivity contribution in [3.05, 3.63) is 48.6 Å². The normalized spacial score (nSPS) is 11.8. The fourth-order valence-corrected chi connectivity index (χ4v) is 1.90. The topological polar surface area (TPSA) is 48.7 Å². The Labute approximate surface area is 107 Å². The van der Waals surface area contributed by atoms with Crippen LogP contribution in [0.15, 0.2) is 43.0 Å². The van der Waals surface area contributed by atoms with E-state index in [0.717, 1.165) is 23.1 Å². The van der Waals surface area contributed by atoms with Crippen molar-refractivity contribution in [1.29, 1.82) is 5.26 Å². The molecule has 1 atom stereocenters. The maximum atomic E-state index is 9.18. The Kier molecular flexibility index (Phi) is 3.59. The first-order valence-electron chi connectivity index (χ1n) is 5.92. The van der Waals surface area contributed by atoms with Gasteiger partial charge in [0.15, 0.2) is 0 Å². The highest BCUT2D eigenvalue weighted by Gasteiger charge is 2.06. The molecule has 1 heterocycles. The van der Waals surface area contributed by atoms with Crippen molar-refractivity contribution >= 4 is 16.7 Å². The molecule has 0 saturated carbocycles. The van der Waals surface area contributed by atoms with E-state index in [1.54, 1.807) is 6.07 Å². The van der Waals surface area contributed by atoms with E-state index in [-0.39, 0.29) is 6.04 Å². The zero-order valence-electron chi connectivity index (χ0n) is 10.4. The largest absolute Gasteiger partial charge is 0.367 e. The van der Waals surface area contributed by atoms with Gasteiger partial charge in [0.1, 0.15) is 5.82 Å². The van der Waals surface area contributed by atoms with Crippen LogP contribution in [0.3, 0.4) is 0 Å². The van der Waals surface area contributed by atoms with E-state index in [9.17, 15) is 5.26 Å². The quantitative estimate of drug-likeness (QED) is 0.828. The Hall–Kier alpha value is -2.34. The van der Waals surface area contributed by atoms with Crippen molar-refractivity contribution < 1.29 is 0 Å². The zero-order valence-corrected chi connectivity index (χ0v) is 10.4. The SMILES string of the molecule is C=CCC(C)Nc1cc(C#N)c2ccccc2n1. The number of hydrogen-bond donors (Lipinski definition) is 1. The molecule has 18 heavy (non-hydrogen) atoms. The lowest BCUT2D eigenvalue weighted by atomic mass is 10.1. The molecule has 0 spiro atoms. The van der Waals surface area contributed by atoms with Crippen LogP contribution in [0.2, 0.25) is 0 Å². The summed E-state index contributed by atoms with van der Waals surface area (Å²) in [6.45, 7) is 5.77. The number of para-hydroxylation sites is 1. The van der Waals surface area contributed by atoms with Crippen LogP contribution in [0.1, 0.15) is 18.9 Å². The molecule has 0 saturated heterocycles. The van der Waals surface area contributed by atoms with Crippen molar-refractivity contribution in [2.45, 2.75) is 19.4 Å². The van der Waals surface area contributed by atoms with Crippen molar-refractivity contribution in [1.82, 2.24) is 4.98 Å². The molecule has 1 aromatic carbocycles. The van der Waals surface area contributed by atoms with Crippen LogP contribution >= 0.6 is 0 Å². The molecular weight excluding hydrogens is 222 g/mol. The summed E-state index contributed by atoms with van der Waals surface area (Å²) in [7, 11) is 0. The highest BCUT2D eigenvalue weighted by molar-refractivity contribution is 5.86. The summed E-state index contributed by atoms with van der Waals surface area (Å²) in [6.07, 6.45) is 2.72. The lowest BCUT2D eigenvalue weighted by Crippen LogP contribution is -2.15. The number of anilines is 1. The lowest BCUT2D eigenvalue weighted by Gasteiger charge is -2.13. The number of nitrogens with one attached hydrogen (secondary N) is 1. The average Bonchev–Trinajstić information content (AvgIpc) is 2.38. The first-order valence-corrected chi connectivity index (χ1v) is 5.92. The van der Waals surface area contributed by atoms with Gasteiger partial charge in [-0.05, 0) is 25.5 Å². The monoisotopic (exact) mass is 237 g/mol. The maximum absolute atomic E-state index is 9.18. The second kappa shape index (κ2) is 5.33. The number of benzene rings is 1. The van der Waals surface area contributed by atoms with Crippen LogP contribution in [0.4, 0.5) is 5.82 Å². The first-order chi connectivity index (χ1) is 8.74. The van der Waals surface area contributed by atoms with Crippen LogP contribution in [0, 0.1) is 11.3 Å². The van der Waals surface area contributed by atoms with Crippen LogP contribution < -0.4 is 5.32 Å². The van der Waals surface area contributed by atoms with Gasteiger partial charge in [-0.15, -0.1) is 6.58 Å². The van der Waals surface area contributed by atoms with Crippen molar-refractivity contribution in [3.8, 4) is 6.07 Å². The second-order valence-electron chi connectivity index (χ2n) is 4.25. The number of nitrogens with zero attached hydrogens (tertiary/aromatic N) is 2. The van der Waals surface area contributed by atoms with Crippen LogP contribution in [0.25, 0.3) is 10.9 Å². The molecule has 90 valence electrons. The summed E-state index contributed by atoms with van der Waals surface area (Å²) >= 11 is 0. The van der Waals surface area contributed by atoms with Crippen LogP contribution in [-0.2, 0) is 0 Å². The van der Waals surface area contributed by atoms with Gasteiger partial charge in [0.25, 0.3) is 0 Å². The number of rotatable bonds is 4. The molecule has 0 radical (unpaired) electrons. The average molecular weight is 237 g/mol. The van der Waals surface area contributed by atoms with Crippen LogP contribution in [0.5, 0.6) is 0 Å². The molecule has 0 aliphatic carbocycles. The summed E-state index contributed by atoms with van der Waals surface area (Å²) in [5, 5.41) is 13.3. The molecular formula is C15H15N3. The standard InChI is InChI=1S/C15H15N3/c1-3-6-11(2)17-15-9-12(10-16)13-7-4-5-8-14(13)18-15/h3-5,7-9,11H,1,6H2,2H3,(H,17,18). The van der Waals surface area contributed by atoms with Gasteiger partial charge in [-0.2, -0.15) is 5.26 Å². The van der Waals surface area contributed by atoms with Gasteiger partial charge in [0, 0.05) is 11.4 Å². The Morgan fingerprint density at radius 1 is 1.50 bits per heavy atom. The molecule has 0 aliphatic rings. The molecule has 0 bridgehead atoms. The molecule has 1 unspecified atom stereocenters. The number of aromatic nitrogens is 1. The van der Waals surface area contributed by atoms with E-state index < -0.39 is 0 Å².